The van der Waals surface area contributed by atoms with E-state index in [0.29, 0.717) is 17.1 Å². The van der Waals surface area contributed by atoms with Crippen molar-refractivity contribution in [2.75, 3.05) is 7.11 Å². The predicted molar refractivity (Wildman–Crippen MR) is 84.2 cm³/mol. The molecule has 2 heterocycles. The molecule has 0 saturated carbocycles. The van der Waals surface area contributed by atoms with E-state index in [1.165, 1.54) is 7.11 Å². The molecule has 1 aromatic carbocycles. The Morgan fingerprint density at radius 1 is 1.00 bits per heavy atom. The van der Waals surface area contributed by atoms with Crippen molar-refractivity contribution >= 4 is 0 Å². The first-order valence-corrected chi connectivity index (χ1v) is 6.79. The molecule has 3 rings (SSSR count). The lowest BCUT2D eigenvalue weighted by molar-refractivity contribution is 0.397. The largest absolute Gasteiger partial charge is 0.480 e. The molecule has 106 valence electrons. The van der Waals surface area contributed by atoms with Gasteiger partial charge >= 0.3 is 0 Å². The molecular formula is C18H13N3O. The number of hydrogen-bond acceptors (Lipinski definition) is 4. The van der Waals surface area contributed by atoms with E-state index in [-0.39, 0.29) is 0 Å². The van der Waals surface area contributed by atoms with E-state index in [1.54, 1.807) is 6.20 Å². The fourth-order valence-electron chi connectivity index (χ4n) is 2.27. The highest BCUT2D eigenvalue weighted by atomic mass is 16.5. The average molecular weight is 287 g/mol. The maximum Gasteiger partial charge on any atom is 0.232 e. The van der Waals surface area contributed by atoms with Gasteiger partial charge in [0.2, 0.25) is 5.88 Å². The number of hydrogen-bond donors (Lipinski definition) is 0. The third-order valence-electron chi connectivity index (χ3n) is 3.30. The second-order valence-corrected chi connectivity index (χ2v) is 4.63. The first kappa shape index (κ1) is 13.8. The monoisotopic (exact) mass is 287 g/mol. The lowest BCUT2D eigenvalue weighted by atomic mass is 10.00. The molecule has 4 heteroatoms. The summed E-state index contributed by atoms with van der Waals surface area (Å²) < 4.78 is 5.30. The Labute approximate surface area is 128 Å². The van der Waals surface area contributed by atoms with Crippen LogP contribution in [0.1, 0.15) is 5.56 Å². The molecule has 3 aromatic rings. The number of ether oxygens (including phenoxy) is 1. The van der Waals surface area contributed by atoms with Crippen LogP contribution in [0.3, 0.4) is 0 Å². The molecule has 0 unspecified atom stereocenters. The number of benzene rings is 1. The first-order valence-electron chi connectivity index (χ1n) is 6.79. The van der Waals surface area contributed by atoms with Crippen molar-refractivity contribution in [1.82, 2.24) is 9.97 Å². The van der Waals surface area contributed by atoms with Crippen molar-refractivity contribution < 1.29 is 4.74 Å². The first-order chi connectivity index (χ1) is 10.8. The van der Waals surface area contributed by atoms with Gasteiger partial charge in [0.15, 0.2) is 0 Å². The molecular weight excluding hydrogens is 274 g/mol. The summed E-state index contributed by atoms with van der Waals surface area (Å²) >= 11 is 0. The zero-order chi connectivity index (χ0) is 15.4. The molecule has 4 nitrogen and oxygen atoms in total. The highest BCUT2D eigenvalue weighted by molar-refractivity contribution is 5.76. The van der Waals surface area contributed by atoms with Gasteiger partial charge in [-0.1, -0.05) is 36.4 Å². The van der Waals surface area contributed by atoms with Gasteiger partial charge in [-0.3, -0.25) is 4.98 Å². The summed E-state index contributed by atoms with van der Waals surface area (Å²) in [5.41, 5.74) is 3.57. The lowest BCUT2D eigenvalue weighted by Gasteiger charge is -2.11. The molecule has 0 bridgehead atoms. The predicted octanol–water partition coefficient (Wildman–Crippen LogP) is 3.69. The Kier molecular flexibility index (Phi) is 3.80. The third kappa shape index (κ3) is 2.52. The number of rotatable bonds is 3. The molecule has 22 heavy (non-hydrogen) atoms. The van der Waals surface area contributed by atoms with E-state index in [9.17, 15) is 5.26 Å². The number of nitriles is 1. The van der Waals surface area contributed by atoms with Crippen LogP contribution in [-0.4, -0.2) is 17.1 Å². The minimum atomic E-state index is 0.310. The second-order valence-electron chi connectivity index (χ2n) is 4.63. The topological polar surface area (TPSA) is 58.8 Å². The van der Waals surface area contributed by atoms with Crippen molar-refractivity contribution in [3.05, 3.63) is 66.4 Å². The number of aromatic nitrogens is 2. The van der Waals surface area contributed by atoms with Crippen molar-refractivity contribution in [2.45, 2.75) is 0 Å². The van der Waals surface area contributed by atoms with Crippen LogP contribution in [-0.2, 0) is 0 Å². The van der Waals surface area contributed by atoms with Gasteiger partial charge in [0.1, 0.15) is 11.6 Å². The molecule has 0 aliphatic carbocycles. The molecule has 0 radical (unpaired) electrons. The molecule has 0 amide bonds. The Bertz CT molecular complexity index is 824. The maximum absolute atomic E-state index is 9.47. The molecule has 0 aliphatic rings. The van der Waals surface area contributed by atoms with Crippen LogP contribution >= 0.6 is 0 Å². The SMILES string of the molecule is COc1nc(-c2ccccn2)cc(-c2ccccc2)c1C#N. The average Bonchev–Trinajstić information content (AvgIpc) is 2.62. The van der Waals surface area contributed by atoms with Gasteiger partial charge in [0, 0.05) is 11.8 Å². The molecule has 0 aliphatic heterocycles. The Morgan fingerprint density at radius 3 is 2.41 bits per heavy atom. The van der Waals surface area contributed by atoms with E-state index in [1.807, 2.05) is 54.6 Å². The molecule has 0 atom stereocenters. The summed E-state index contributed by atoms with van der Waals surface area (Å²) in [6.45, 7) is 0. The summed E-state index contributed by atoms with van der Waals surface area (Å²) in [6.07, 6.45) is 1.71. The lowest BCUT2D eigenvalue weighted by Crippen LogP contribution is -1.98. The van der Waals surface area contributed by atoms with Crippen molar-refractivity contribution in [3.63, 3.8) is 0 Å². The van der Waals surface area contributed by atoms with Crippen molar-refractivity contribution in [2.24, 2.45) is 0 Å². The van der Waals surface area contributed by atoms with Crippen LogP contribution in [0.2, 0.25) is 0 Å². The zero-order valence-corrected chi connectivity index (χ0v) is 12.0. The third-order valence-corrected chi connectivity index (χ3v) is 3.30. The Balaban J connectivity index is 2.26. The Hall–Kier alpha value is -3.19. The van der Waals surface area contributed by atoms with Gasteiger partial charge in [-0.25, -0.2) is 4.98 Å². The number of nitrogens with zero attached hydrogens (tertiary/aromatic N) is 3. The van der Waals surface area contributed by atoms with Crippen LogP contribution in [0.4, 0.5) is 0 Å². The van der Waals surface area contributed by atoms with Crippen LogP contribution in [0.25, 0.3) is 22.5 Å². The zero-order valence-electron chi connectivity index (χ0n) is 12.0. The molecule has 0 spiro atoms. The van der Waals surface area contributed by atoms with Crippen LogP contribution in [0, 0.1) is 11.3 Å². The summed E-state index contributed by atoms with van der Waals surface area (Å²) in [7, 11) is 1.51. The van der Waals surface area contributed by atoms with Gasteiger partial charge in [-0.2, -0.15) is 5.26 Å². The highest BCUT2D eigenvalue weighted by Gasteiger charge is 2.15. The van der Waals surface area contributed by atoms with E-state index >= 15 is 0 Å². The summed E-state index contributed by atoms with van der Waals surface area (Å²) in [4.78, 5) is 8.72. The fourth-order valence-corrected chi connectivity index (χ4v) is 2.27. The van der Waals surface area contributed by atoms with Crippen LogP contribution < -0.4 is 4.74 Å². The molecule has 0 saturated heterocycles. The molecule has 2 aromatic heterocycles. The van der Waals surface area contributed by atoms with Gasteiger partial charge in [-0.15, -0.1) is 0 Å². The normalized spacial score (nSPS) is 10.0. The fraction of sp³-hybridized carbons (Fsp3) is 0.0556. The summed E-state index contributed by atoms with van der Waals surface area (Å²) in [6, 6.07) is 19.4. The molecule has 0 N–H and O–H groups in total. The van der Waals surface area contributed by atoms with Crippen LogP contribution in [0.5, 0.6) is 5.88 Å². The van der Waals surface area contributed by atoms with E-state index in [2.05, 4.69) is 16.0 Å². The van der Waals surface area contributed by atoms with E-state index in [0.717, 1.165) is 16.8 Å². The van der Waals surface area contributed by atoms with Crippen LogP contribution in [0.15, 0.2) is 60.8 Å². The number of pyridine rings is 2. The minimum absolute atomic E-state index is 0.310. The van der Waals surface area contributed by atoms with Gasteiger partial charge in [-0.05, 0) is 23.8 Å². The van der Waals surface area contributed by atoms with Gasteiger partial charge in [0.25, 0.3) is 0 Å². The highest BCUT2D eigenvalue weighted by Crippen LogP contribution is 2.32. The standard InChI is InChI=1S/C18H13N3O/c1-22-18-15(12-19)14(13-7-3-2-4-8-13)11-17(21-18)16-9-5-6-10-20-16/h2-11H,1H3. The quantitative estimate of drug-likeness (QED) is 0.737. The van der Waals surface area contributed by atoms with Crippen molar-refractivity contribution in [1.29, 1.82) is 5.26 Å². The summed E-state index contributed by atoms with van der Waals surface area (Å²) in [5, 5.41) is 9.47. The van der Waals surface area contributed by atoms with E-state index < -0.39 is 0 Å². The maximum atomic E-state index is 9.47. The second kappa shape index (κ2) is 6.06. The minimum Gasteiger partial charge on any atom is -0.480 e. The van der Waals surface area contributed by atoms with Gasteiger partial charge in [0.05, 0.1) is 18.5 Å². The summed E-state index contributed by atoms with van der Waals surface area (Å²) in [5.74, 6) is 0.310. The molecule has 0 fully saturated rings. The van der Waals surface area contributed by atoms with E-state index in [4.69, 9.17) is 4.74 Å². The van der Waals surface area contributed by atoms with Gasteiger partial charge < -0.3 is 4.74 Å². The smallest absolute Gasteiger partial charge is 0.232 e. The van der Waals surface area contributed by atoms with Crippen molar-refractivity contribution in [3.8, 4) is 34.5 Å². The number of methoxy groups -OCH3 is 1. The Morgan fingerprint density at radius 2 is 1.77 bits per heavy atom.